The Balaban J connectivity index is 1.67. The molecule has 3 aromatic rings. The second-order valence-corrected chi connectivity index (χ2v) is 9.18. The first-order valence-corrected chi connectivity index (χ1v) is 10.9. The normalized spacial score (nSPS) is 18.9. The van der Waals surface area contributed by atoms with Crippen molar-refractivity contribution in [1.29, 1.82) is 0 Å². The molecule has 1 aliphatic heterocycles. The number of piperazine rings is 1. The van der Waals surface area contributed by atoms with Crippen LogP contribution < -0.4 is 4.90 Å². The summed E-state index contributed by atoms with van der Waals surface area (Å²) >= 11 is 6.39. The lowest BCUT2D eigenvalue weighted by Gasteiger charge is -2.39. The van der Waals surface area contributed by atoms with Gasteiger partial charge in [0.25, 0.3) is 0 Å². The van der Waals surface area contributed by atoms with Gasteiger partial charge in [-0.3, -0.25) is 0 Å². The number of rotatable bonds is 3. The minimum atomic E-state index is -3.19. The third kappa shape index (κ3) is 3.52. The number of benzene rings is 1. The molecule has 4 rings (SSSR count). The summed E-state index contributed by atoms with van der Waals surface area (Å²) in [5, 5.41) is 0.514. The van der Waals surface area contributed by atoms with Gasteiger partial charge in [-0.25, -0.2) is 18.4 Å². The molecule has 0 saturated carbocycles. The highest BCUT2D eigenvalue weighted by molar-refractivity contribution is 7.88. The first-order chi connectivity index (χ1) is 12.8. The van der Waals surface area contributed by atoms with Gasteiger partial charge in [0.2, 0.25) is 10.0 Å². The number of hydrogen-bond donors (Lipinski definition) is 1. The molecular weight excluding hydrogens is 386 g/mol. The lowest BCUT2D eigenvalue weighted by atomic mass is 10.2. The number of anilines is 1. The number of pyridine rings is 1. The number of halogens is 1. The fourth-order valence-corrected chi connectivity index (χ4v) is 4.51. The largest absolute Gasteiger partial charge is 0.351 e. The Morgan fingerprint density at radius 2 is 2.04 bits per heavy atom. The van der Waals surface area contributed by atoms with Gasteiger partial charge in [0, 0.05) is 37.4 Å². The summed E-state index contributed by atoms with van der Waals surface area (Å²) in [6.07, 6.45) is 2.87. The third-order valence-electron chi connectivity index (χ3n) is 4.84. The van der Waals surface area contributed by atoms with Gasteiger partial charge in [-0.15, -0.1) is 0 Å². The molecule has 0 unspecified atom stereocenters. The van der Waals surface area contributed by atoms with E-state index in [1.54, 1.807) is 6.20 Å². The van der Waals surface area contributed by atoms with Crippen LogP contribution in [0.4, 0.5) is 5.82 Å². The van der Waals surface area contributed by atoms with Crippen molar-refractivity contribution in [2.24, 2.45) is 0 Å². The van der Waals surface area contributed by atoms with E-state index in [0.29, 0.717) is 30.5 Å². The number of aromatic amines is 1. The molecule has 2 aromatic heterocycles. The number of fused-ring (bicyclic) bond motifs is 1. The Kier molecular flexibility index (Phi) is 4.57. The molecule has 1 atom stereocenters. The topological polar surface area (TPSA) is 82.2 Å². The predicted molar refractivity (Wildman–Crippen MR) is 108 cm³/mol. The second-order valence-electron chi connectivity index (χ2n) is 6.79. The average Bonchev–Trinajstić information content (AvgIpc) is 3.05. The number of nitrogens with zero attached hydrogens (tertiary/aromatic N) is 4. The van der Waals surface area contributed by atoms with Crippen LogP contribution in [0.15, 0.2) is 36.5 Å². The van der Waals surface area contributed by atoms with E-state index in [1.807, 2.05) is 37.3 Å². The maximum Gasteiger partial charge on any atom is 0.211 e. The van der Waals surface area contributed by atoms with Crippen molar-refractivity contribution in [3.8, 4) is 11.4 Å². The first-order valence-electron chi connectivity index (χ1n) is 8.65. The van der Waals surface area contributed by atoms with Gasteiger partial charge in [-0.2, -0.15) is 4.31 Å². The van der Waals surface area contributed by atoms with E-state index in [9.17, 15) is 8.42 Å². The smallest absolute Gasteiger partial charge is 0.211 e. The molecule has 1 saturated heterocycles. The minimum Gasteiger partial charge on any atom is -0.351 e. The molecule has 0 aliphatic carbocycles. The van der Waals surface area contributed by atoms with Crippen molar-refractivity contribution in [2.75, 3.05) is 30.8 Å². The molecule has 0 radical (unpaired) electrons. The zero-order valence-electron chi connectivity index (χ0n) is 15.1. The van der Waals surface area contributed by atoms with E-state index in [1.165, 1.54) is 10.6 Å². The highest BCUT2D eigenvalue weighted by Crippen LogP contribution is 2.31. The maximum atomic E-state index is 11.8. The average molecular weight is 406 g/mol. The molecule has 0 spiro atoms. The minimum absolute atomic E-state index is 0.00525. The van der Waals surface area contributed by atoms with Gasteiger partial charge in [0.05, 0.1) is 22.3 Å². The van der Waals surface area contributed by atoms with Crippen molar-refractivity contribution in [3.05, 3.63) is 41.6 Å². The van der Waals surface area contributed by atoms with Gasteiger partial charge >= 0.3 is 0 Å². The van der Waals surface area contributed by atoms with Crippen molar-refractivity contribution in [1.82, 2.24) is 19.3 Å². The third-order valence-corrected chi connectivity index (χ3v) is 6.41. The zero-order chi connectivity index (χ0) is 19.2. The van der Waals surface area contributed by atoms with Gasteiger partial charge in [-0.05, 0) is 25.1 Å². The van der Waals surface area contributed by atoms with E-state index < -0.39 is 10.0 Å². The van der Waals surface area contributed by atoms with Gasteiger partial charge in [0.15, 0.2) is 0 Å². The van der Waals surface area contributed by atoms with Crippen molar-refractivity contribution in [3.63, 3.8) is 0 Å². The van der Waals surface area contributed by atoms with Crippen molar-refractivity contribution < 1.29 is 8.42 Å². The molecule has 0 amide bonds. The maximum absolute atomic E-state index is 11.8. The fraction of sp³-hybridized carbons (Fsp3) is 0.333. The monoisotopic (exact) mass is 405 g/mol. The summed E-state index contributed by atoms with van der Waals surface area (Å²) in [4.78, 5) is 14.5. The van der Waals surface area contributed by atoms with Crippen LogP contribution in [0.1, 0.15) is 6.92 Å². The van der Waals surface area contributed by atoms with E-state index >= 15 is 0 Å². The summed E-state index contributed by atoms with van der Waals surface area (Å²) in [6.45, 7) is 3.44. The standard InChI is InChI=1S/C18H20ClN5O2S/c1-12-11-23(27(2,25)26)7-8-24(12)17-9-13(14(19)10-20-17)18-21-15-5-3-4-6-16(15)22-18/h3-6,9-10,12H,7-8,11H2,1-2H3,(H,21,22)/t12-/m1/s1. The number of H-pyrrole nitrogens is 1. The number of hydrogen-bond acceptors (Lipinski definition) is 5. The van der Waals surface area contributed by atoms with Crippen LogP contribution in [0.25, 0.3) is 22.4 Å². The highest BCUT2D eigenvalue weighted by atomic mass is 35.5. The molecule has 142 valence electrons. The Hall–Kier alpha value is -2.16. The molecule has 1 fully saturated rings. The number of nitrogens with one attached hydrogen (secondary N) is 1. The molecule has 1 aromatic carbocycles. The first kappa shape index (κ1) is 18.2. The molecule has 1 aliphatic rings. The number of imidazole rings is 1. The Labute approximate surface area is 163 Å². The molecule has 7 nitrogen and oxygen atoms in total. The quantitative estimate of drug-likeness (QED) is 0.724. The number of sulfonamides is 1. The van der Waals surface area contributed by atoms with Crippen LogP contribution in [-0.4, -0.2) is 59.6 Å². The van der Waals surface area contributed by atoms with Gasteiger partial charge in [-0.1, -0.05) is 23.7 Å². The van der Waals surface area contributed by atoms with Crippen LogP contribution in [0.3, 0.4) is 0 Å². The van der Waals surface area contributed by atoms with Crippen LogP contribution >= 0.6 is 11.6 Å². The Morgan fingerprint density at radius 3 is 2.74 bits per heavy atom. The van der Waals surface area contributed by atoms with Crippen molar-refractivity contribution >= 4 is 38.5 Å². The van der Waals surface area contributed by atoms with E-state index in [0.717, 1.165) is 22.4 Å². The number of aromatic nitrogens is 3. The molecule has 1 N–H and O–H groups in total. The SMILES string of the molecule is C[C@@H]1CN(S(C)(=O)=O)CCN1c1cc(-c2nc3ccccc3[nH]2)c(Cl)cn1. The van der Waals surface area contributed by atoms with E-state index in [2.05, 4.69) is 19.9 Å². The van der Waals surface area contributed by atoms with Gasteiger partial charge in [0.1, 0.15) is 11.6 Å². The second kappa shape index (κ2) is 6.78. The summed E-state index contributed by atoms with van der Waals surface area (Å²) in [6, 6.07) is 9.71. The summed E-state index contributed by atoms with van der Waals surface area (Å²) in [5.41, 5.74) is 2.59. The van der Waals surface area contributed by atoms with Crippen LogP contribution in [-0.2, 0) is 10.0 Å². The Bertz CT molecular complexity index is 1070. The molecule has 27 heavy (non-hydrogen) atoms. The Morgan fingerprint density at radius 1 is 1.26 bits per heavy atom. The van der Waals surface area contributed by atoms with E-state index in [4.69, 9.17) is 11.6 Å². The van der Waals surface area contributed by atoms with E-state index in [-0.39, 0.29) is 6.04 Å². The summed E-state index contributed by atoms with van der Waals surface area (Å²) < 4.78 is 25.1. The van der Waals surface area contributed by atoms with Crippen LogP contribution in [0.5, 0.6) is 0 Å². The van der Waals surface area contributed by atoms with Crippen LogP contribution in [0.2, 0.25) is 5.02 Å². The van der Waals surface area contributed by atoms with Crippen LogP contribution in [0, 0.1) is 0 Å². The predicted octanol–water partition coefficient (Wildman–Crippen LogP) is 2.75. The summed E-state index contributed by atoms with van der Waals surface area (Å²) in [7, 11) is -3.19. The van der Waals surface area contributed by atoms with Gasteiger partial charge < -0.3 is 9.88 Å². The van der Waals surface area contributed by atoms with Crippen molar-refractivity contribution in [2.45, 2.75) is 13.0 Å². The fourth-order valence-electron chi connectivity index (χ4n) is 3.41. The highest BCUT2D eigenvalue weighted by Gasteiger charge is 2.29. The molecule has 3 heterocycles. The lowest BCUT2D eigenvalue weighted by Crippen LogP contribution is -2.53. The molecular formula is C18H20ClN5O2S. The molecule has 9 heteroatoms. The summed E-state index contributed by atoms with van der Waals surface area (Å²) in [5.74, 6) is 1.45. The molecule has 0 bridgehead atoms. The number of para-hydroxylation sites is 2. The lowest BCUT2D eigenvalue weighted by molar-refractivity contribution is 0.343. The zero-order valence-corrected chi connectivity index (χ0v) is 16.6.